The third-order valence-electron chi connectivity index (χ3n) is 3.02. The molecule has 0 saturated carbocycles. The lowest BCUT2D eigenvalue weighted by atomic mass is 9.84. The van der Waals surface area contributed by atoms with Crippen molar-refractivity contribution in [3.63, 3.8) is 0 Å². The summed E-state index contributed by atoms with van der Waals surface area (Å²) < 4.78 is 0. The summed E-state index contributed by atoms with van der Waals surface area (Å²) in [6, 6.07) is 0. The SMILES string of the molecule is [CH2]CC(C)C1CCN(C)CC1. The second-order valence-electron chi connectivity index (χ2n) is 3.91. The van der Waals surface area contributed by atoms with Crippen molar-refractivity contribution in [2.45, 2.75) is 26.2 Å². The summed E-state index contributed by atoms with van der Waals surface area (Å²) in [6.07, 6.45) is 3.87. The van der Waals surface area contributed by atoms with Crippen LogP contribution in [-0.2, 0) is 0 Å². The van der Waals surface area contributed by atoms with E-state index >= 15 is 0 Å². The predicted molar refractivity (Wildman–Crippen MR) is 49.4 cm³/mol. The topological polar surface area (TPSA) is 3.24 Å². The van der Waals surface area contributed by atoms with Gasteiger partial charge < -0.3 is 4.90 Å². The van der Waals surface area contributed by atoms with Crippen LogP contribution >= 0.6 is 0 Å². The number of hydrogen-bond acceptors (Lipinski definition) is 1. The summed E-state index contributed by atoms with van der Waals surface area (Å²) in [4.78, 5) is 2.42. The number of rotatable bonds is 2. The van der Waals surface area contributed by atoms with Crippen LogP contribution in [0.1, 0.15) is 26.2 Å². The van der Waals surface area contributed by atoms with Crippen LogP contribution in [0.4, 0.5) is 0 Å². The summed E-state index contributed by atoms with van der Waals surface area (Å²) in [5.41, 5.74) is 0. The lowest BCUT2D eigenvalue weighted by Crippen LogP contribution is -2.32. The average Bonchev–Trinajstić information content (AvgIpc) is 2.05. The number of piperidine rings is 1. The molecule has 0 spiro atoms. The van der Waals surface area contributed by atoms with Crippen molar-refractivity contribution in [1.82, 2.24) is 4.90 Å². The fourth-order valence-corrected chi connectivity index (χ4v) is 1.83. The van der Waals surface area contributed by atoms with Crippen molar-refractivity contribution >= 4 is 0 Å². The molecule has 0 N–H and O–H groups in total. The van der Waals surface area contributed by atoms with Crippen LogP contribution in [0.15, 0.2) is 0 Å². The molecule has 65 valence electrons. The second kappa shape index (κ2) is 4.10. The first-order valence-corrected chi connectivity index (χ1v) is 4.72. The molecule has 1 saturated heterocycles. The summed E-state index contributed by atoms with van der Waals surface area (Å²) in [7, 11) is 2.21. The standard InChI is InChI=1S/C10H20N/c1-4-9(2)10-5-7-11(3)8-6-10/h9-10H,1,4-8H2,2-3H3. The van der Waals surface area contributed by atoms with Crippen LogP contribution in [0.25, 0.3) is 0 Å². The Morgan fingerprint density at radius 1 is 1.45 bits per heavy atom. The van der Waals surface area contributed by atoms with Gasteiger partial charge in [-0.15, -0.1) is 0 Å². The van der Waals surface area contributed by atoms with Gasteiger partial charge in [-0.25, -0.2) is 0 Å². The Hall–Kier alpha value is -0.0400. The van der Waals surface area contributed by atoms with E-state index in [1.165, 1.54) is 25.9 Å². The van der Waals surface area contributed by atoms with Gasteiger partial charge in [0.15, 0.2) is 0 Å². The first kappa shape index (κ1) is 9.05. The van der Waals surface area contributed by atoms with E-state index in [4.69, 9.17) is 0 Å². The summed E-state index contributed by atoms with van der Waals surface area (Å²) in [6.45, 7) is 8.88. The molecule has 1 atom stereocenters. The number of hydrogen-bond donors (Lipinski definition) is 0. The molecule has 11 heavy (non-hydrogen) atoms. The third-order valence-corrected chi connectivity index (χ3v) is 3.02. The zero-order valence-electron chi connectivity index (χ0n) is 7.84. The second-order valence-corrected chi connectivity index (χ2v) is 3.91. The maximum absolute atomic E-state index is 3.97. The highest BCUT2D eigenvalue weighted by atomic mass is 15.1. The van der Waals surface area contributed by atoms with E-state index in [2.05, 4.69) is 25.8 Å². The van der Waals surface area contributed by atoms with Gasteiger partial charge in [0.2, 0.25) is 0 Å². The van der Waals surface area contributed by atoms with Gasteiger partial charge in [0, 0.05) is 0 Å². The fraction of sp³-hybridized carbons (Fsp3) is 0.900. The van der Waals surface area contributed by atoms with Crippen LogP contribution in [0, 0.1) is 18.8 Å². The van der Waals surface area contributed by atoms with Gasteiger partial charge in [-0.3, -0.25) is 0 Å². The Morgan fingerprint density at radius 2 is 2.00 bits per heavy atom. The smallest absolute Gasteiger partial charge is 0.00190 e. The third kappa shape index (κ3) is 2.48. The van der Waals surface area contributed by atoms with Crippen LogP contribution in [-0.4, -0.2) is 25.0 Å². The van der Waals surface area contributed by atoms with Crippen molar-refractivity contribution in [1.29, 1.82) is 0 Å². The monoisotopic (exact) mass is 154 g/mol. The van der Waals surface area contributed by atoms with Gasteiger partial charge in [-0.05, 0) is 44.8 Å². The lowest BCUT2D eigenvalue weighted by molar-refractivity contribution is 0.178. The molecule has 1 rings (SSSR count). The summed E-state index contributed by atoms with van der Waals surface area (Å²) in [5.74, 6) is 1.78. The molecule has 1 radical (unpaired) electrons. The average molecular weight is 154 g/mol. The molecule has 1 heterocycles. The molecule has 0 aliphatic carbocycles. The molecular weight excluding hydrogens is 134 g/mol. The van der Waals surface area contributed by atoms with Gasteiger partial charge in [-0.1, -0.05) is 20.3 Å². The van der Waals surface area contributed by atoms with Crippen molar-refractivity contribution in [3.05, 3.63) is 6.92 Å². The van der Waals surface area contributed by atoms with E-state index in [1.807, 2.05) is 0 Å². The zero-order valence-corrected chi connectivity index (χ0v) is 7.84. The number of likely N-dealkylation sites (tertiary alicyclic amines) is 1. The van der Waals surface area contributed by atoms with Crippen LogP contribution in [0.2, 0.25) is 0 Å². The normalized spacial score (nSPS) is 25.4. The zero-order chi connectivity index (χ0) is 8.27. The minimum Gasteiger partial charge on any atom is -0.306 e. The quantitative estimate of drug-likeness (QED) is 0.589. The predicted octanol–water partition coefficient (Wildman–Crippen LogP) is 2.19. The number of nitrogens with zero attached hydrogens (tertiary/aromatic N) is 1. The molecule has 0 bridgehead atoms. The van der Waals surface area contributed by atoms with E-state index < -0.39 is 0 Å². The van der Waals surface area contributed by atoms with E-state index in [-0.39, 0.29) is 0 Å². The van der Waals surface area contributed by atoms with Crippen LogP contribution < -0.4 is 0 Å². The van der Waals surface area contributed by atoms with Crippen molar-refractivity contribution in [2.24, 2.45) is 11.8 Å². The minimum absolute atomic E-state index is 0.837. The molecule has 1 unspecified atom stereocenters. The molecule has 1 aliphatic heterocycles. The summed E-state index contributed by atoms with van der Waals surface area (Å²) >= 11 is 0. The first-order valence-electron chi connectivity index (χ1n) is 4.72. The highest BCUT2D eigenvalue weighted by molar-refractivity contribution is 4.74. The molecule has 0 aromatic rings. The van der Waals surface area contributed by atoms with E-state index in [1.54, 1.807) is 0 Å². The van der Waals surface area contributed by atoms with E-state index in [9.17, 15) is 0 Å². The Balaban J connectivity index is 2.27. The molecule has 1 nitrogen and oxygen atoms in total. The van der Waals surface area contributed by atoms with Crippen LogP contribution in [0.3, 0.4) is 0 Å². The maximum atomic E-state index is 3.97. The van der Waals surface area contributed by atoms with Crippen molar-refractivity contribution in [3.8, 4) is 0 Å². The molecule has 0 aromatic heterocycles. The molecule has 0 amide bonds. The maximum Gasteiger partial charge on any atom is -0.00190 e. The van der Waals surface area contributed by atoms with Gasteiger partial charge >= 0.3 is 0 Å². The molecule has 0 aromatic carbocycles. The Labute approximate surface area is 70.8 Å². The summed E-state index contributed by atoms with van der Waals surface area (Å²) in [5, 5.41) is 0. The molecule has 1 fully saturated rings. The van der Waals surface area contributed by atoms with E-state index in [0.29, 0.717) is 0 Å². The largest absolute Gasteiger partial charge is 0.306 e. The van der Waals surface area contributed by atoms with Crippen molar-refractivity contribution in [2.75, 3.05) is 20.1 Å². The van der Waals surface area contributed by atoms with Gasteiger partial charge in [-0.2, -0.15) is 0 Å². The van der Waals surface area contributed by atoms with Gasteiger partial charge in [0.05, 0.1) is 0 Å². The Morgan fingerprint density at radius 3 is 2.45 bits per heavy atom. The minimum atomic E-state index is 0.837. The molecule has 1 aliphatic rings. The van der Waals surface area contributed by atoms with E-state index in [0.717, 1.165) is 18.3 Å². The van der Waals surface area contributed by atoms with Crippen LogP contribution in [0.5, 0.6) is 0 Å². The highest BCUT2D eigenvalue weighted by Crippen LogP contribution is 2.25. The lowest BCUT2D eigenvalue weighted by Gasteiger charge is -2.32. The molecule has 1 heteroatoms. The van der Waals surface area contributed by atoms with Gasteiger partial charge in [0.25, 0.3) is 0 Å². The van der Waals surface area contributed by atoms with Gasteiger partial charge in [0.1, 0.15) is 0 Å². The Kier molecular flexibility index (Phi) is 3.38. The highest BCUT2D eigenvalue weighted by Gasteiger charge is 2.20. The first-order chi connectivity index (χ1) is 5.24. The molecular formula is C10H20N. The fourth-order valence-electron chi connectivity index (χ4n) is 1.83. The van der Waals surface area contributed by atoms with Crippen molar-refractivity contribution < 1.29 is 0 Å². The Bertz CT molecular complexity index is 103.